The number of nitrogens with one attached hydrogen (secondary N) is 1. The average molecular weight is 441 g/mol. The number of aromatic nitrogens is 3. The monoisotopic (exact) mass is 440 g/mol. The van der Waals surface area contributed by atoms with Gasteiger partial charge in [-0.25, -0.2) is 0 Å². The Morgan fingerprint density at radius 3 is 2.62 bits per heavy atom. The summed E-state index contributed by atoms with van der Waals surface area (Å²) in [6, 6.07) is 9.10. The molecule has 0 saturated heterocycles. The Bertz CT molecular complexity index is 1050. The van der Waals surface area contributed by atoms with Crippen LogP contribution in [0.4, 0.5) is 18.9 Å². The molecule has 0 fully saturated rings. The van der Waals surface area contributed by atoms with Crippen molar-refractivity contribution in [2.24, 2.45) is 0 Å². The molecule has 1 N–H and O–H groups in total. The summed E-state index contributed by atoms with van der Waals surface area (Å²) in [4.78, 5) is 12.2. The van der Waals surface area contributed by atoms with E-state index in [1.54, 1.807) is 10.9 Å². The number of rotatable bonds is 5. The summed E-state index contributed by atoms with van der Waals surface area (Å²) < 4.78 is 40.6. The van der Waals surface area contributed by atoms with Crippen LogP contribution in [0.1, 0.15) is 16.7 Å². The molecule has 5 nitrogen and oxygen atoms in total. The quantitative estimate of drug-likeness (QED) is 0.548. The number of alkyl halides is 3. The molecule has 3 aromatic rings. The highest BCUT2D eigenvalue weighted by Gasteiger charge is 2.33. The molecule has 0 aliphatic heterocycles. The lowest BCUT2D eigenvalue weighted by molar-refractivity contribution is -0.137. The van der Waals surface area contributed by atoms with Gasteiger partial charge in [0.15, 0.2) is 5.16 Å². The minimum Gasteiger partial charge on any atom is -0.325 e. The zero-order valence-corrected chi connectivity index (χ0v) is 17.0. The van der Waals surface area contributed by atoms with Crippen molar-refractivity contribution in [3.8, 4) is 5.69 Å². The van der Waals surface area contributed by atoms with E-state index in [-0.39, 0.29) is 11.4 Å². The van der Waals surface area contributed by atoms with E-state index in [0.717, 1.165) is 40.7 Å². The fourth-order valence-corrected chi connectivity index (χ4v) is 3.48. The molecule has 0 radical (unpaired) electrons. The number of amides is 1. The zero-order chi connectivity index (χ0) is 21.2. The van der Waals surface area contributed by atoms with Crippen LogP contribution in [-0.2, 0) is 11.0 Å². The predicted molar refractivity (Wildman–Crippen MR) is 107 cm³/mol. The van der Waals surface area contributed by atoms with E-state index < -0.39 is 22.7 Å². The third-order valence-electron chi connectivity index (χ3n) is 4.17. The lowest BCUT2D eigenvalue weighted by Crippen LogP contribution is -2.15. The van der Waals surface area contributed by atoms with Crippen LogP contribution in [0, 0.1) is 13.8 Å². The zero-order valence-electron chi connectivity index (χ0n) is 15.4. The van der Waals surface area contributed by atoms with E-state index in [4.69, 9.17) is 11.6 Å². The molecular formula is C19H16ClF3N4OS. The first-order chi connectivity index (χ1) is 13.6. The van der Waals surface area contributed by atoms with Crippen LogP contribution in [0.2, 0.25) is 5.02 Å². The molecule has 10 heteroatoms. The van der Waals surface area contributed by atoms with Gasteiger partial charge in [-0.1, -0.05) is 29.4 Å². The van der Waals surface area contributed by atoms with Crippen LogP contribution >= 0.6 is 23.4 Å². The minimum absolute atomic E-state index is 0.0166. The SMILES string of the molecule is Cc1ccc(-n2cnnc2SCC(=O)Nc2ccc(Cl)c(C(F)(F)F)c2)cc1C. The Kier molecular flexibility index (Phi) is 6.18. The highest BCUT2D eigenvalue weighted by atomic mass is 35.5. The summed E-state index contributed by atoms with van der Waals surface area (Å²) in [6.07, 6.45) is -3.06. The van der Waals surface area contributed by atoms with E-state index in [2.05, 4.69) is 15.5 Å². The standard InChI is InChI=1S/C19H16ClF3N4OS/c1-11-3-5-14(7-12(11)2)27-10-24-26-18(27)29-9-17(28)25-13-4-6-16(20)15(8-13)19(21,22)23/h3-8,10H,9H2,1-2H3,(H,25,28). The molecule has 0 spiro atoms. The van der Waals surface area contributed by atoms with Crippen molar-refractivity contribution < 1.29 is 18.0 Å². The Labute approximate surface area is 174 Å². The summed E-state index contributed by atoms with van der Waals surface area (Å²) in [5.74, 6) is -0.520. The second-order valence-electron chi connectivity index (χ2n) is 6.28. The molecule has 0 saturated carbocycles. The number of thioether (sulfide) groups is 1. The molecule has 29 heavy (non-hydrogen) atoms. The first-order valence-electron chi connectivity index (χ1n) is 8.42. The minimum atomic E-state index is -4.60. The molecule has 3 rings (SSSR count). The normalized spacial score (nSPS) is 11.5. The number of halogens is 4. The number of aryl methyl sites for hydroxylation is 2. The van der Waals surface area contributed by atoms with Crippen LogP contribution in [0.15, 0.2) is 47.9 Å². The molecule has 1 amide bonds. The van der Waals surface area contributed by atoms with Crippen molar-refractivity contribution in [2.45, 2.75) is 25.2 Å². The van der Waals surface area contributed by atoms with Crippen LogP contribution < -0.4 is 5.32 Å². The number of hydrogen-bond donors (Lipinski definition) is 1. The van der Waals surface area contributed by atoms with Gasteiger partial charge in [0.2, 0.25) is 5.91 Å². The summed E-state index contributed by atoms with van der Waals surface area (Å²) in [5.41, 5.74) is 2.13. The number of benzene rings is 2. The van der Waals surface area contributed by atoms with Gasteiger partial charge in [-0.3, -0.25) is 9.36 Å². The Hall–Kier alpha value is -2.52. The van der Waals surface area contributed by atoms with E-state index in [1.807, 2.05) is 32.0 Å². The van der Waals surface area contributed by atoms with Gasteiger partial charge >= 0.3 is 6.18 Å². The predicted octanol–water partition coefficient (Wildman–Crippen LogP) is 5.29. The van der Waals surface area contributed by atoms with Gasteiger partial charge in [0.1, 0.15) is 6.33 Å². The maximum Gasteiger partial charge on any atom is 0.417 e. The third kappa shape index (κ3) is 5.10. The van der Waals surface area contributed by atoms with E-state index in [0.29, 0.717) is 5.16 Å². The first kappa shape index (κ1) is 21.2. The van der Waals surface area contributed by atoms with Gasteiger partial charge in [0.25, 0.3) is 0 Å². The third-order valence-corrected chi connectivity index (χ3v) is 5.45. The number of carbonyl (C=O) groups is 1. The van der Waals surface area contributed by atoms with Crippen molar-refractivity contribution in [3.05, 3.63) is 64.4 Å². The van der Waals surface area contributed by atoms with Gasteiger partial charge in [0, 0.05) is 11.4 Å². The Morgan fingerprint density at radius 2 is 1.93 bits per heavy atom. The lowest BCUT2D eigenvalue weighted by atomic mass is 10.1. The molecule has 0 atom stereocenters. The summed E-state index contributed by atoms with van der Waals surface area (Å²) in [7, 11) is 0. The second kappa shape index (κ2) is 8.46. The van der Waals surface area contributed by atoms with Crippen molar-refractivity contribution in [1.82, 2.24) is 14.8 Å². The van der Waals surface area contributed by atoms with Crippen LogP contribution in [-0.4, -0.2) is 26.4 Å². The van der Waals surface area contributed by atoms with Crippen LogP contribution in [0.3, 0.4) is 0 Å². The van der Waals surface area contributed by atoms with E-state index >= 15 is 0 Å². The summed E-state index contributed by atoms with van der Waals surface area (Å²) in [5, 5.41) is 10.4. The maximum absolute atomic E-state index is 12.9. The molecule has 0 bridgehead atoms. The molecule has 0 unspecified atom stereocenters. The molecule has 1 aromatic heterocycles. The van der Waals surface area contributed by atoms with Gasteiger partial charge in [-0.15, -0.1) is 10.2 Å². The van der Waals surface area contributed by atoms with Crippen LogP contribution in [0.25, 0.3) is 5.69 Å². The van der Waals surface area contributed by atoms with Crippen molar-refractivity contribution >= 4 is 35.0 Å². The van der Waals surface area contributed by atoms with Crippen molar-refractivity contribution in [1.29, 1.82) is 0 Å². The first-order valence-corrected chi connectivity index (χ1v) is 9.78. The molecular weight excluding hydrogens is 425 g/mol. The van der Waals surface area contributed by atoms with Gasteiger partial charge in [-0.2, -0.15) is 13.2 Å². The number of anilines is 1. The molecule has 0 aliphatic carbocycles. The molecule has 152 valence electrons. The van der Waals surface area contributed by atoms with Gasteiger partial charge in [0.05, 0.1) is 16.3 Å². The number of nitrogens with zero attached hydrogens (tertiary/aromatic N) is 3. The smallest absolute Gasteiger partial charge is 0.325 e. The summed E-state index contributed by atoms with van der Waals surface area (Å²) in [6.45, 7) is 4.00. The highest BCUT2D eigenvalue weighted by Crippen LogP contribution is 2.36. The molecule has 0 aliphatic rings. The Balaban J connectivity index is 1.68. The van der Waals surface area contributed by atoms with Gasteiger partial charge < -0.3 is 5.32 Å². The molecule has 2 aromatic carbocycles. The van der Waals surface area contributed by atoms with Crippen molar-refractivity contribution in [3.63, 3.8) is 0 Å². The average Bonchev–Trinajstić information content (AvgIpc) is 3.11. The topological polar surface area (TPSA) is 59.8 Å². The Morgan fingerprint density at radius 1 is 1.17 bits per heavy atom. The van der Waals surface area contributed by atoms with Crippen molar-refractivity contribution in [2.75, 3.05) is 11.1 Å². The highest BCUT2D eigenvalue weighted by molar-refractivity contribution is 7.99. The fourth-order valence-electron chi connectivity index (χ4n) is 2.52. The largest absolute Gasteiger partial charge is 0.417 e. The number of carbonyl (C=O) groups excluding carboxylic acids is 1. The molecule has 1 heterocycles. The lowest BCUT2D eigenvalue weighted by Gasteiger charge is -2.12. The van der Waals surface area contributed by atoms with Crippen LogP contribution in [0.5, 0.6) is 0 Å². The van der Waals surface area contributed by atoms with E-state index in [1.165, 1.54) is 6.07 Å². The summed E-state index contributed by atoms with van der Waals surface area (Å²) >= 11 is 6.72. The fraction of sp³-hybridized carbons (Fsp3) is 0.211. The van der Waals surface area contributed by atoms with E-state index in [9.17, 15) is 18.0 Å². The number of hydrogen-bond acceptors (Lipinski definition) is 4. The second-order valence-corrected chi connectivity index (χ2v) is 7.63. The maximum atomic E-state index is 12.9. The van der Waals surface area contributed by atoms with Gasteiger partial charge in [-0.05, 0) is 55.3 Å².